The molecule has 0 fully saturated rings. The van der Waals surface area contributed by atoms with Gasteiger partial charge in [-0.2, -0.15) is 10.1 Å². The summed E-state index contributed by atoms with van der Waals surface area (Å²) in [6, 6.07) is 3.66. The van der Waals surface area contributed by atoms with Crippen LogP contribution >= 0.6 is 11.6 Å². The average Bonchev–Trinajstić information content (AvgIpc) is 2.64. The molecule has 1 aliphatic rings. The van der Waals surface area contributed by atoms with Crippen LogP contribution in [0.5, 0.6) is 0 Å². The van der Waals surface area contributed by atoms with Gasteiger partial charge in [-0.1, -0.05) is 11.6 Å². The van der Waals surface area contributed by atoms with Gasteiger partial charge in [0.2, 0.25) is 0 Å². The highest BCUT2D eigenvalue weighted by molar-refractivity contribution is 6.30. The van der Waals surface area contributed by atoms with Gasteiger partial charge in [0.05, 0.1) is 10.7 Å². The number of amides is 1. The van der Waals surface area contributed by atoms with E-state index in [0.717, 1.165) is 17.3 Å². The molecule has 0 aliphatic carbocycles. The lowest BCUT2D eigenvalue weighted by molar-refractivity contribution is -0.142. The highest BCUT2D eigenvalue weighted by Gasteiger charge is 2.35. The number of carboxylic acids is 1. The van der Waals surface area contributed by atoms with Gasteiger partial charge in [0, 0.05) is 12.3 Å². The molecule has 5 nitrogen and oxygen atoms in total. The highest BCUT2D eigenvalue weighted by atomic mass is 35.5. The number of carboxylic acid groups (broad SMARTS) is 1. The summed E-state index contributed by atoms with van der Waals surface area (Å²) in [6.45, 7) is 0. The van der Waals surface area contributed by atoms with Crippen molar-refractivity contribution in [1.82, 2.24) is 0 Å². The number of carbonyl (C=O) groups is 2. The molecule has 0 aromatic heterocycles. The topological polar surface area (TPSA) is 70.0 Å². The molecule has 1 aliphatic heterocycles. The second kappa shape index (κ2) is 4.14. The molecular weight excluding hydrogens is 251 g/mol. The third kappa shape index (κ3) is 1.99. The van der Waals surface area contributed by atoms with Crippen LogP contribution < -0.4 is 5.01 Å². The first-order valence-corrected chi connectivity index (χ1v) is 4.94. The molecular formula is C10H6ClFN2O3. The van der Waals surface area contributed by atoms with Gasteiger partial charge in [0.15, 0.2) is 5.92 Å². The Morgan fingerprint density at radius 1 is 1.53 bits per heavy atom. The Bertz CT molecular complexity index is 532. The van der Waals surface area contributed by atoms with Gasteiger partial charge in [-0.15, -0.1) is 0 Å². The zero-order valence-electron chi connectivity index (χ0n) is 8.30. The van der Waals surface area contributed by atoms with E-state index in [9.17, 15) is 14.0 Å². The van der Waals surface area contributed by atoms with Crippen LogP contribution in [0.2, 0.25) is 5.02 Å². The van der Waals surface area contributed by atoms with Gasteiger partial charge in [0.1, 0.15) is 5.82 Å². The fourth-order valence-corrected chi connectivity index (χ4v) is 1.48. The normalized spacial score (nSPS) is 18.8. The predicted octanol–water partition coefficient (Wildman–Crippen LogP) is 1.51. The van der Waals surface area contributed by atoms with E-state index in [-0.39, 0.29) is 10.7 Å². The number of hydrogen-bond donors (Lipinski definition) is 1. The number of anilines is 1. The minimum absolute atomic E-state index is 0.0841. The van der Waals surface area contributed by atoms with E-state index >= 15 is 0 Å². The monoisotopic (exact) mass is 256 g/mol. The highest BCUT2D eigenvalue weighted by Crippen LogP contribution is 2.25. The van der Waals surface area contributed by atoms with Crippen molar-refractivity contribution in [3.63, 3.8) is 0 Å². The number of aliphatic carboxylic acids is 1. The standard InChI is InChI=1S/C10H6ClFN2O3/c11-7-2-1-5(3-8(7)12)14-9(15)6(4-13-14)10(16)17/h1-4,6H,(H,16,17). The first kappa shape index (κ1) is 11.5. The summed E-state index contributed by atoms with van der Waals surface area (Å²) in [6.07, 6.45) is 0.997. The van der Waals surface area contributed by atoms with E-state index < -0.39 is 23.6 Å². The van der Waals surface area contributed by atoms with Crippen molar-refractivity contribution in [1.29, 1.82) is 0 Å². The molecule has 1 N–H and O–H groups in total. The summed E-state index contributed by atoms with van der Waals surface area (Å²) >= 11 is 5.49. The summed E-state index contributed by atoms with van der Waals surface area (Å²) in [5.41, 5.74) is 0.136. The molecule has 0 spiro atoms. The molecule has 0 saturated heterocycles. The summed E-state index contributed by atoms with van der Waals surface area (Å²) in [5, 5.41) is 13.1. The summed E-state index contributed by atoms with van der Waals surface area (Å²) in [4.78, 5) is 22.3. The fraction of sp³-hybridized carbons (Fsp3) is 0.100. The van der Waals surface area contributed by atoms with Crippen LogP contribution in [0.15, 0.2) is 23.3 Å². The van der Waals surface area contributed by atoms with E-state index in [1.807, 2.05) is 0 Å². The Labute approximate surface area is 100 Å². The smallest absolute Gasteiger partial charge is 0.321 e. The lowest BCUT2D eigenvalue weighted by atomic mass is 10.1. The quantitative estimate of drug-likeness (QED) is 0.816. The molecule has 0 radical (unpaired) electrons. The van der Waals surface area contributed by atoms with E-state index in [4.69, 9.17) is 16.7 Å². The lowest BCUT2D eigenvalue weighted by Crippen LogP contribution is -2.30. The van der Waals surface area contributed by atoms with Crippen LogP contribution in [0.1, 0.15) is 0 Å². The molecule has 1 amide bonds. The van der Waals surface area contributed by atoms with E-state index in [1.54, 1.807) is 0 Å². The molecule has 1 atom stereocenters. The Morgan fingerprint density at radius 2 is 2.24 bits per heavy atom. The Morgan fingerprint density at radius 3 is 2.76 bits per heavy atom. The Kier molecular flexibility index (Phi) is 2.81. The fourth-order valence-electron chi connectivity index (χ4n) is 1.37. The molecule has 0 bridgehead atoms. The van der Waals surface area contributed by atoms with Crippen LogP contribution in [-0.4, -0.2) is 23.2 Å². The molecule has 7 heteroatoms. The molecule has 2 rings (SSSR count). The number of hydrazone groups is 1. The second-order valence-electron chi connectivity index (χ2n) is 3.33. The molecule has 1 aromatic rings. The number of rotatable bonds is 2. The summed E-state index contributed by atoms with van der Waals surface area (Å²) < 4.78 is 13.2. The second-order valence-corrected chi connectivity index (χ2v) is 3.74. The van der Waals surface area contributed by atoms with Crippen molar-refractivity contribution in [2.24, 2.45) is 11.0 Å². The molecule has 1 aromatic carbocycles. The molecule has 0 saturated carbocycles. The minimum atomic E-state index is -1.33. The maximum Gasteiger partial charge on any atom is 0.321 e. The maximum absolute atomic E-state index is 13.2. The minimum Gasteiger partial charge on any atom is -0.480 e. The Balaban J connectivity index is 2.31. The Hall–Kier alpha value is -1.95. The van der Waals surface area contributed by atoms with Crippen molar-refractivity contribution in [3.8, 4) is 0 Å². The molecule has 88 valence electrons. The molecule has 1 unspecified atom stereocenters. The van der Waals surface area contributed by atoms with E-state index in [2.05, 4.69) is 5.10 Å². The maximum atomic E-state index is 13.2. The van der Waals surface area contributed by atoms with E-state index in [0.29, 0.717) is 0 Å². The third-order valence-corrected chi connectivity index (χ3v) is 2.53. The van der Waals surface area contributed by atoms with Crippen LogP contribution in [0.3, 0.4) is 0 Å². The van der Waals surface area contributed by atoms with Crippen LogP contribution in [-0.2, 0) is 9.59 Å². The van der Waals surface area contributed by atoms with Gasteiger partial charge >= 0.3 is 5.97 Å². The molecule has 1 heterocycles. The van der Waals surface area contributed by atoms with Gasteiger partial charge in [-0.3, -0.25) is 9.59 Å². The van der Waals surface area contributed by atoms with Gasteiger partial charge in [-0.05, 0) is 12.1 Å². The first-order valence-electron chi connectivity index (χ1n) is 4.56. The summed E-state index contributed by atoms with van der Waals surface area (Å²) in [5.74, 6) is -4.06. The van der Waals surface area contributed by atoms with Crippen LogP contribution in [0, 0.1) is 11.7 Å². The first-order chi connectivity index (χ1) is 8.00. The van der Waals surface area contributed by atoms with Crippen LogP contribution in [0.25, 0.3) is 0 Å². The predicted molar refractivity (Wildman–Crippen MR) is 58.5 cm³/mol. The van der Waals surface area contributed by atoms with Crippen LogP contribution in [0.4, 0.5) is 10.1 Å². The number of nitrogens with zero attached hydrogens (tertiary/aromatic N) is 2. The zero-order chi connectivity index (χ0) is 12.6. The number of hydrogen-bond acceptors (Lipinski definition) is 3. The van der Waals surface area contributed by atoms with Gasteiger partial charge in [-0.25, -0.2) is 4.39 Å². The lowest BCUT2D eigenvalue weighted by Gasteiger charge is -2.13. The van der Waals surface area contributed by atoms with Crippen molar-refractivity contribution in [2.75, 3.05) is 5.01 Å². The van der Waals surface area contributed by atoms with Crippen molar-refractivity contribution < 1.29 is 19.1 Å². The van der Waals surface area contributed by atoms with Gasteiger partial charge < -0.3 is 5.11 Å². The van der Waals surface area contributed by atoms with Crippen molar-refractivity contribution in [3.05, 3.63) is 29.0 Å². The summed E-state index contributed by atoms with van der Waals surface area (Å²) in [7, 11) is 0. The number of halogens is 2. The number of benzene rings is 1. The van der Waals surface area contributed by atoms with E-state index in [1.165, 1.54) is 12.1 Å². The zero-order valence-corrected chi connectivity index (χ0v) is 9.06. The molecule has 17 heavy (non-hydrogen) atoms. The van der Waals surface area contributed by atoms with Crippen molar-refractivity contribution in [2.45, 2.75) is 0 Å². The third-order valence-electron chi connectivity index (χ3n) is 2.22. The average molecular weight is 257 g/mol. The number of carbonyl (C=O) groups excluding carboxylic acids is 1. The SMILES string of the molecule is O=C(O)C1C=NN(c2ccc(Cl)c(F)c2)C1=O. The van der Waals surface area contributed by atoms with Gasteiger partial charge in [0.25, 0.3) is 5.91 Å². The largest absolute Gasteiger partial charge is 0.480 e. The van der Waals surface area contributed by atoms with Crippen molar-refractivity contribution >= 4 is 35.4 Å².